The van der Waals surface area contributed by atoms with Crippen molar-refractivity contribution in [2.24, 2.45) is 0 Å². The summed E-state index contributed by atoms with van der Waals surface area (Å²) in [6.45, 7) is 0. The molecule has 1 aromatic heterocycles. The van der Waals surface area contributed by atoms with Crippen molar-refractivity contribution in [1.29, 1.82) is 0 Å². The lowest BCUT2D eigenvalue weighted by Crippen LogP contribution is -2.18. The zero-order valence-electron chi connectivity index (χ0n) is 10.8. The van der Waals surface area contributed by atoms with Gasteiger partial charge >= 0.3 is 12.1 Å². The van der Waals surface area contributed by atoms with Gasteiger partial charge in [-0.15, -0.1) is 0 Å². The van der Waals surface area contributed by atoms with Gasteiger partial charge in [0.15, 0.2) is 0 Å². The summed E-state index contributed by atoms with van der Waals surface area (Å²) in [4.78, 5) is 14.8. The molecule has 0 fully saturated rings. The lowest BCUT2D eigenvalue weighted by molar-refractivity contribution is -0.142. The Kier molecular flexibility index (Phi) is 4.26. The summed E-state index contributed by atoms with van der Waals surface area (Å²) in [6.07, 6.45) is -4.50. The molecule has 3 nitrogen and oxygen atoms in total. The molecule has 0 aliphatic heterocycles. The standard InChI is InChI=1S/C15H12F3NO2/c16-15(17,18)13-8-4-7-12(19-13)11(14(20)21)9-10-5-2-1-3-6-10/h1-8,11H,9H2,(H,20,21). The van der Waals surface area contributed by atoms with Crippen LogP contribution in [0, 0.1) is 0 Å². The number of benzene rings is 1. The molecule has 0 saturated carbocycles. The van der Waals surface area contributed by atoms with Gasteiger partial charge in [-0.1, -0.05) is 36.4 Å². The van der Waals surface area contributed by atoms with Crippen LogP contribution in [-0.2, 0) is 17.4 Å². The predicted molar refractivity (Wildman–Crippen MR) is 69.8 cm³/mol. The zero-order chi connectivity index (χ0) is 15.5. The Bertz CT molecular complexity index is 626. The Labute approximate surface area is 119 Å². The summed E-state index contributed by atoms with van der Waals surface area (Å²) in [5.41, 5.74) is -0.454. The summed E-state index contributed by atoms with van der Waals surface area (Å²) >= 11 is 0. The second kappa shape index (κ2) is 5.95. The SMILES string of the molecule is O=C(O)C(Cc1ccccc1)c1cccc(C(F)(F)F)n1. The largest absolute Gasteiger partial charge is 0.481 e. The predicted octanol–water partition coefficient (Wildman–Crippen LogP) is 3.51. The van der Waals surface area contributed by atoms with Gasteiger partial charge in [0.05, 0.1) is 5.69 Å². The van der Waals surface area contributed by atoms with Gasteiger partial charge in [0.25, 0.3) is 0 Å². The van der Waals surface area contributed by atoms with Crippen LogP contribution in [0.15, 0.2) is 48.5 Å². The second-order valence-corrected chi connectivity index (χ2v) is 4.53. The number of pyridine rings is 1. The average Bonchev–Trinajstić information content (AvgIpc) is 2.45. The van der Waals surface area contributed by atoms with Crippen LogP contribution in [0.1, 0.15) is 22.9 Å². The number of carboxylic acid groups (broad SMARTS) is 1. The van der Waals surface area contributed by atoms with E-state index in [2.05, 4.69) is 4.98 Å². The summed E-state index contributed by atoms with van der Waals surface area (Å²) < 4.78 is 37.9. The van der Waals surface area contributed by atoms with Gasteiger partial charge in [0.1, 0.15) is 11.6 Å². The van der Waals surface area contributed by atoms with Gasteiger partial charge in [-0.25, -0.2) is 4.98 Å². The van der Waals surface area contributed by atoms with Gasteiger partial charge in [-0.2, -0.15) is 13.2 Å². The highest BCUT2D eigenvalue weighted by Gasteiger charge is 2.33. The van der Waals surface area contributed by atoms with Crippen molar-refractivity contribution in [2.45, 2.75) is 18.5 Å². The van der Waals surface area contributed by atoms with E-state index < -0.39 is 23.8 Å². The highest BCUT2D eigenvalue weighted by molar-refractivity contribution is 5.75. The maximum atomic E-state index is 12.6. The molecule has 0 amide bonds. The average molecular weight is 295 g/mol. The number of carboxylic acids is 1. The monoisotopic (exact) mass is 295 g/mol. The fourth-order valence-electron chi connectivity index (χ4n) is 1.97. The third-order valence-electron chi connectivity index (χ3n) is 3.00. The van der Waals surface area contributed by atoms with Crippen molar-refractivity contribution in [3.8, 4) is 0 Å². The molecule has 0 aliphatic carbocycles. The quantitative estimate of drug-likeness (QED) is 0.939. The Morgan fingerprint density at radius 1 is 1.10 bits per heavy atom. The minimum absolute atomic E-state index is 0.0878. The molecule has 0 radical (unpaired) electrons. The highest BCUT2D eigenvalue weighted by atomic mass is 19.4. The molecule has 110 valence electrons. The molecule has 2 aromatic rings. The fraction of sp³-hybridized carbons (Fsp3) is 0.200. The maximum Gasteiger partial charge on any atom is 0.433 e. The van der Waals surface area contributed by atoms with Crippen LogP contribution in [0.4, 0.5) is 13.2 Å². The fourth-order valence-corrected chi connectivity index (χ4v) is 1.97. The van der Waals surface area contributed by atoms with Crippen LogP contribution in [0.5, 0.6) is 0 Å². The minimum Gasteiger partial charge on any atom is -0.481 e. The maximum absolute atomic E-state index is 12.6. The number of aliphatic carboxylic acids is 1. The molecule has 0 aliphatic rings. The number of rotatable bonds is 4. The van der Waals surface area contributed by atoms with E-state index in [0.717, 1.165) is 11.6 Å². The van der Waals surface area contributed by atoms with Crippen LogP contribution < -0.4 is 0 Å². The first-order chi connectivity index (χ1) is 9.88. The van der Waals surface area contributed by atoms with Crippen molar-refractivity contribution in [3.63, 3.8) is 0 Å². The summed E-state index contributed by atoms with van der Waals surface area (Å²) in [7, 11) is 0. The van der Waals surface area contributed by atoms with Gasteiger partial charge in [0, 0.05) is 0 Å². The highest BCUT2D eigenvalue weighted by Crippen LogP contribution is 2.29. The van der Waals surface area contributed by atoms with E-state index >= 15 is 0 Å². The number of nitrogens with zero attached hydrogens (tertiary/aromatic N) is 1. The minimum atomic E-state index is -4.59. The first-order valence-electron chi connectivity index (χ1n) is 6.19. The van der Waals surface area contributed by atoms with Crippen LogP contribution >= 0.6 is 0 Å². The van der Waals surface area contributed by atoms with Gasteiger partial charge in [0.2, 0.25) is 0 Å². The summed E-state index contributed by atoms with van der Waals surface area (Å²) in [5, 5.41) is 9.26. The first kappa shape index (κ1) is 15.0. The van der Waals surface area contributed by atoms with Crippen molar-refractivity contribution in [1.82, 2.24) is 4.98 Å². The molecule has 2 rings (SSSR count). The lowest BCUT2D eigenvalue weighted by Gasteiger charge is -2.14. The summed E-state index contributed by atoms with van der Waals surface area (Å²) in [6, 6.07) is 12.0. The number of alkyl halides is 3. The number of aromatic nitrogens is 1. The number of halogens is 3. The smallest absolute Gasteiger partial charge is 0.433 e. The van der Waals surface area contributed by atoms with E-state index in [1.165, 1.54) is 12.1 Å². The normalized spacial score (nSPS) is 12.9. The topological polar surface area (TPSA) is 50.2 Å². The van der Waals surface area contributed by atoms with E-state index in [4.69, 9.17) is 0 Å². The van der Waals surface area contributed by atoms with Crippen LogP contribution in [0.3, 0.4) is 0 Å². The molecule has 1 unspecified atom stereocenters. The van der Waals surface area contributed by atoms with Crippen molar-refractivity contribution >= 4 is 5.97 Å². The van der Waals surface area contributed by atoms with Crippen molar-refractivity contribution in [3.05, 3.63) is 65.5 Å². The molecular weight excluding hydrogens is 283 g/mol. The van der Waals surface area contributed by atoms with Gasteiger partial charge < -0.3 is 5.11 Å². The molecular formula is C15H12F3NO2. The van der Waals surface area contributed by atoms with E-state index in [1.807, 2.05) is 0 Å². The molecule has 0 saturated heterocycles. The number of carbonyl (C=O) groups is 1. The van der Waals surface area contributed by atoms with Crippen molar-refractivity contribution in [2.75, 3.05) is 0 Å². The Balaban J connectivity index is 2.33. The van der Waals surface area contributed by atoms with E-state index in [-0.39, 0.29) is 12.1 Å². The van der Waals surface area contributed by atoms with E-state index in [9.17, 15) is 23.1 Å². The van der Waals surface area contributed by atoms with Crippen LogP contribution in [0.25, 0.3) is 0 Å². The molecule has 21 heavy (non-hydrogen) atoms. The van der Waals surface area contributed by atoms with Gasteiger partial charge in [-0.3, -0.25) is 4.79 Å². The van der Waals surface area contributed by atoms with Crippen LogP contribution in [0.2, 0.25) is 0 Å². The lowest BCUT2D eigenvalue weighted by atomic mass is 9.95. The zero-order valence-corrected chi connectivity index (χ0v) is 10.8. The first-order valence-corrected chi connectivity index (χ1v) is 6.19. The Hall–Kier alpha value is -2.37. The molecule has 0 bridgehead atoms. The third kappa shape index (κ3) is 3.81. The second-order valence-electron chi connectivity index (χ2n) is 4.53. The Morgan fingerprint density at radius 2 is 1.76 bits per heavy atom. The number of hydrogen-bond donors (Lipinski definition) is 1. The number of hydrogen-bond acceptors (Lipinski definition) is 2. The molecule has 1 atom stereocenters. The van der Waals surface area contributed by atoms with Crippen molar-refractivity contribution < 1.29 is 23.1 Å². The molecule has 1 N–H and O–H groups in total. The molecule has 1 heterocycles. The molecule has 0 spiro atoms. The summed E-state index contributed by atoms with van der Waals surface area (Å²) in [5.74, 6) is -2.32. The van der Waals surface area contributed by atoms with E-state index in [1.54, 1.807) is 30.3 Å². The Morgan fingerprint density at radius 3 is 2.33 bits per heavy atom. The van der Waals surface area contributed by atoms with E-state index in [0.29, 0.717) is 0 Å². The molecule has 1 aromatic carbocycles. The van der Waals surface area contributed by atoms with Gasteiger partial charge in [-0.05, 0) is 24.1 Å². The third-order valence-corrected chi connectivity index (χ3v) is 3.00. The molecule has 6 heteroatoms. The van der Waals surface area contributed by atoms with Crippen LogP contribution in [-0.4, -0.2) is 16.1 Å².